The van der Waals surface area contributed by atoms with E-state index >= 15 is 0 Å². The maximum absolute atomic E-state index is 10.1. The van der Waals surface area contributed by atoms with Crippen LogP contribution in [-0.4, -0.2) is 11.1 Å². The number of carboxylic acids is 1. The topological polar surface area (TPSA) is 37.3 Å². The quantitative estimate of drug-likeness (QED) is 0.613. The summed E-state index contributed by atoms with van der Waals surface area (Å²) in [5.74, 6) is -0.793. The van der Waals surface area contributed by atoms with E-state index in [2.05, 4.69) is 13.2 Å². The first-order valence-electron chi connectivity index (χ1n) is 3.35. The van der Waals surface area contributed by atoms with Crippen LogP contribution in [0.15, 0.2) is 37.0 Å². The molecule has 0 atom stereocenters. The Balaban J connectivity index is 3.61. The standard InChI is InChI=1S/C9H12O2/c1-3-4-5-8(2)6-7-9(10)11/h3-5H,1-2,6-7H2,(H,10,11)/b5-4-. The number of aliphatic carboxylic acids is 1. The van der Waals surface area contributed by atoms with E-state index in [9.17, 15) is 4.79 Å². The van der Waals surface area contributed by atoms with E-state index in [1.54, 1.807) is 18.2 Å². The molecule has 0 unspecified atom stereocenters. The van der Waals surface area contributed by atoms with Crippen LogP contribution < -0.4 is 0 Å². The predicted molar refractivity (Wildman–Crippen MR) is 45.3 cm³/mol. The molecule has 11 heavy (non-hydrogen) atoms. The van der Waals surface area contributed by atoms with Crippen LogP contribution in [0.2, 0.25) is 0 Å². The SMILES string of the molecule is C=C/C=C\C(=C)CCC(=O)O. The van der Waals surface area contributed by atoms with Gasteiger partial charge >= 0.3 is 5.97 Å². The molecular weight excluding hydrogens is 140 g/mol. The molecule has 0 saturated carbocycles. The minimum Gasteiger partial charge on any atom is -0.481 e. The molecule has 0 aromatic heterocycles. The Morgan fingerprint density at radius 3 is 2.55 bits per heavy atom. The molecule has 0 aliphatic heterocycles. The second kappa shape index (κ2) is 5.47. The minimum absolute atomic E-state index is 0.139. The van der Waals surface area contributed by atoms with Gasteiger partial charge in [0.05, 0.1) is 0 Å². The largest absolute Gasteiger partial charge is 0.481 e. The van der Waals surface area contributed by atoms with E-state index < -0.39 is 5.97 Å². The third-order valence-electron chi connectivity index (χ3n) is 1.13. The van der Waals surface area contributed by atoms with Crippen LogP contribution in [0.4, 0.5) is 0 Å². The molecule has 0 aromatic rings. The van der Waals surface area contributed by atoms with Crippen LogP contribution in [0.1, 0.15) is 12.8 Å². The fourth-order valence-electron chi connectivity index (χ4n) is 0.555. The van der Waals surface area contributed by atoms with Gasteiger partial charge in [0.25, 0.3) is 0 Å². The number of carbonyl (C=O) groups is 1. The molecule has 0 aliphatic rings. The lowest BCUT2D eigenvalue weighted by Crippen LogP contribution is -1.93. The Morgan fingerprint density at radius 1 is 1.45 bits per heavy atom. The van der Waals surface area contributed by atoms with Crippen molar-refractivity contribution in [2.75, 3.05) is 0 Å². The Kier molecular flexibility index (Phi) is 4.82. The van der Waals surface area contributed by atoms with Crippen LogP contribution in [0.25, 0.3) is 0 Å². The molecule has 2 nitrogen and oxygen atoms in total. The second-order valence-corrected chi connectivity index (χ2v) is 2.15. The minimum atomic E-state index is -0.793. The Labute approximate surface area is 66.5 Å². The highest BCUT2D eigenvalue weighted by molar-refractivity contribution is 5.67. The van der Waals surface area contributed by atoms with Crippen molar-refractivity contribution in [2.45, 2.75) is 12.8 Å². The molecule has 0 heterocycles. The number of hydrogen-bond acceptors (Lipinski definition) is 1. The molecule has 0 amide bonds. The molecule has 0 aliphatic carbocycles. The monoisotopic (exact) mass is 152 g/mol. The zero-order chi connectivity index (χ0) is 8.69. The van der Waals surface area contributed by atoms with E-state index in [0.717, 1.165) is 5.57 Å². The van der Waals surface area contributed by atoms with E-state index in [0.29, 0.717) is 6.42 Å². The molecule has 0 rings (SSSR count). The second-order valence-electron chi connectivity index (χ2n) is 2.15. The first-order valence-corrected chi connectivity index (χ1v) is 3.35. The van der Waals surface area contributed by atoms with Crippen molar-refractivity contribution in [1.29, 1.82) is 0 Å². The third-order valence-corrected chi connectivity index (χ3v) is 1.13. The molecule has 0 bridgehead atoms. The fourth-order valence-corrected chi connectivity index (χ4v) is 0.555. The molecule has 0 saturated heterocycles. The van der Waals surface area contributed by atoms with Crippen LogP contribution in [0, 0.1) is 0 Å². The van der Waals surface area contributed by atoms with Crippen molar-refractivity contribution in [2.24, 2.45) is 0 Å². The van der Waals surface area contributed by atoms with Crippen LogP contribution >= 0.6 is 0 Å². The van der Waals surface area contributed by atoms with Gasteiger partial charge in [-0.15, -0.1) is 0 Å². The number of allylic oxidation sites excluding steroid dienone is 4. The molecule has 60 valence electrons. The van der Waals surface area contributed by atoms with E-state index in [4.69, 9.17) is 5.11 Å². The van der Waals surface area contributed by atoms with Gasteiger partial charge in [-0.3, -0.25) is 4.79 Å². The van der Waals surface area contributed by atoms with Gasteiger partial charge in [-0.05, 0) is 6.42 Å². The Hall–Kier alpha value is -1.31. The van der Waals surface area contributed by atoms with E-state index in [1.165, 1.54) is 0 Å². The normalized spacial score (nSPS) is 9.82. The van der Waals surface area contributed by atoms with Gasteiger partial charge in [0.1, 0.15) is 0 Å². The maximum atomic E-state index is 10.1. The van der Waals surface area contributed by atoms with Crippen molar-refractivity contribution >= 4 is 5.97 Å². The first-order chi connectivity index (χ1) is 5.16. The Bertz CT molecular complexity index is 190. The van der Waals surface area contributed by atoms with Gasteiger partial charge in [-0.2, -0.15) is 0 Å². The molecule has 0 spiro atoms. The van der Waals surface area contributed by atoms with Crippen molar-refractivity contribution in [3.63, 3.8) is 0 Å². The summed E-state index contributed by atoms with van der Waals surface area (Å²) in [7, 11) is 0. The fraction of sp³-hybridized carbons (Fsp3) is 0.222. The zero-order valence-corrected chi connectivity index (χ0v) is 6.42. The lowest BCUT2D eigenvalue weighted by atomic mass is 10.1. The lowest BCUT2D eigenvalue weighted by Gasteiger charge is -1.93. The average Bonchev–Trinajstić information content (AvgIpc) is 1.97. The molecule has 0 radical (unpaired) electrons. The summed E-state index contributed by atoms with van der Waals surface area (Å²) in [5.41, 5.74) is 0.812. The number of rotatable bonds is 5. The predicted octanol–water partition coefficient (Wildman–Crippen LogP) is 2.15. The Morgan fingerprint density at radius 2 is 2.09 bits per heavy atom. The van der Waals surface area contributed by atoms with Crippen LogP contribution in [0.3, 0.4) is 0 Å². The number of hydrogen-bond donors (Lipinski definition) is 1. The smallest absolute Gasteiger partial charge is 0.303 e. The summed E-state index contributed by atoms with van der Waals surface area (Å²) in [6.45, 7) is 7.15. The zero-order valence-electron chi connectivity index (χ0n) is 6.42. The van der Waals surface area contributed by atoms with Gasteiger partial charge < -0.3 is 5.11 Å². The third kappa shape index (κ3) is 6.58. The van der Waals surface area contributed by atoms with Gasteiger partial charge in [0, 0.05) is 6.42 Å². The summed E-state index contributed by atoms with van der Waals surface area (Å²) in [6.07, 6.45) is 5.77. The summed E-state index contributed by atoms with van der Waals surface area (Å²) < 4.78 is 0. The van der Waals surface area contributed by atoms with Crippen LogP contribution in [-0.2, 0) is 4.79 Å². The summed E-state index contributed by atoms with van der Waals surface area (Å²) in [6, 6.07) is 0. The van der Waals surface area contributed by atoms with Crippen molar-refractivity contribution in [3.05, 3.63) is 37.0 Å². The summed E-state index contributed by atoms with van der Waals surface area (Å²) in [4.78, 5) is 10.1. The van der Waals surface area contributed by atoms with Crippen LogP contribution in [0.5, 0.6) is 0 Å². The number of carboxylic acid groups (broad SMARTS) is 1. The average molecular weight is 152 g/mol. The summed E-state index contributed by atoms with van der Waals surface area (Å²) >= 11 is 0. The van der Waals surface area contributed by atoms with Crippen molar-refractivity contribution in [1.82, 2.24) is 0 Å². The van der Waals surface area contributed by atoms with Gasteiger partial charge in [-0.1, -0.05) is 37.0 Å². The summed E-state index contributed by atoms with van der Waals surface area (Å²) in [5, 5.41) is 8.30. The molecule has 0 aromatic carbocycles. The molecular formula is C9H12O2. The lowest BCUT2D eigenvalue weighted by molar-refractivity contribution is -0.136. The maximum Gasteiger partial charge on any atom is 0.303 e. The van der Waals surface area contributed by atoms with Gasteiger partial charge in [-0.25, -0.2) is 0 Å². The first kappa shape index (κ1) is 9.69. The highest BCUT2D eigenvalue weighted by Crippen LogP contribution is 2.03. The van der Waals surface area contributed by atoms with Gasteiger partial charge in [0.2, 0.25) is 0 Å². The molecule has 1 N–H and O–H groups in total. The van der Waals surface area contributed by atoms with Crippen molar-refractivity contribution < 1.29 is 9.90 Å². The highest BCUT2D eigenvalue weighted by Gasteiger charge is 1.95. The molecule has 2 heteroatoms. The molecule has 0 fully saturated rings. The van der Waals surface area contributed by atoms with Crippen molar-refractivity contribution in [3.8, 4) is 0 Å². The van der Waals surface area contributed by atoms with E-state index in [-0.39, 0.29) is 6.42 Å². The van der Waals surface area contributed by atoms with E-state index in [1.807, 2.05) is 0 Å². The van der Waals surface area contributed by atoms with Gasteiger partial charge in [0.15, 0.2) is 0 Å². The highest BCUT2D eigenvalue weighted by atomic mass is 16.4.